The molecule has 1 heterocycles. The molecule has 0 radical (unpaired) electrons. The maximum absolute atomic E-state index is 12.5. The summed E-state index contributed by atoms with van der Waals surface area (Å²) in [4.78, 5) is 14.6. The summed E-state index contributed by atoms with van der Waals surface area (Å²) in [6.07, 6.45) is 0. The van der Waals surface area contributed by atoms with Crippen LogP contribution in [0.5, 0.6) is 0 Å². The van der Waals surface area contributed by atoms with Crippen LogP contribution in [0, 0.1) is 6.92 Å². The largest absolute Gasteiger partial charge is 0.488 e. The highest BCUT2D eigenvalue weighted by atomic mass is 16.6. The molecule has 1 fully saturated rings. The molecule has 1 aliphatic heterocycles. The van der Waals surface area contributed by atoms with Crippen LogP contribution in [0.4, 0.5) is 5.69 Å². The molecule has 1 aliphatic rings. The van der Waals surface area contributed by atoms with Crippen LogP contribution in [-0.2, 0) is 4.74 Å². The molecule has 3 N–H and O–H groups in total. The number of nitrogens with zero attached hydrogens (tertiary/aromatic N) is 1. The van der Waals surface area contributed by atoms with Gasteiger partial charge in [-0.25, -0.2) is 4.79 Å². The van der Waals surface area contributed by atoms with Crippen molar-refractivity contribution in [3.05, 3.63) is 23.3 Å². The molecular weight excluding hydrogens is 295 g/mol. The van der Waals surface area contributed by atoms with Gasteiger partial charge in [0.1, 0.15) is 5.60 Å². The summed E-state index contributed by atoms with van der Waals surface area (Å²) in [6, 6.07) is 3.24. The van der Waals surface area contributed by atoms with Crippen LogP contribution in [0.25, 0.3) is 0 Å². The zero-order valence-electron chi connectivity index (χ0n) is 14.2. The average Bonchev–Trinajstić information content (AvgIpc) is 2.46. The second-order valence-corrected chi connectivity index (χ2v) is 6.83. The van der Waals surface area contributed by atoms with Gasteiger partial charge in [0.2, 0.25) is 0 Å². The van der Waals surface area contributed by atoms with Crippen LogP contribution in [0.1, 0.15) is 36.7 Å². The summed E-state index contributed by atoms with van der Waals surface area (Å²) in [5.41, 5.74) is 1.71. The van der Waals surface area contributed by atoms with Gasteiger partial charge < -0.3 is 25.0 Å². The zero-order valence-corrected chi connectivity index (χ0v) is 14.2. The third-order valence-electron chi connectivity index (χ3n) is 3.78. The number of carbonyl (C=O) groups is 1. The molecule has 1 saturated heterocycles. The predicted octanol–water partition coefficient (Wildman–Crippen LogP) is 0.0397. The summed E-state index contributed by atoms with van der Waals surface area (Å²) < 4.78 is 5.45. The Morgan fingerprint density at radius 2 is 1.87 bits per heavy atom. The van der Waals surface area contributed by atoms with Gasteiger partial charge in [-0.1, -0.05) is 0 Å². The van der Waals surface area contributed by atoms with E-state index >= 15 is 0 Å². The lowest BCUT2D eigenvalue weighted by Crippen LogP contribution is -2.44. The Morgan fingerprint density at radius 3 is 2.39 bits per heavy atom. The van der Waals surface area contributed by atoms with E-state index in [2.05, 4.69) is 10.2 Å². The summed E-state index contributed by atoms with van der Waals surface area (Å²) >= 11 is 0. The summed E-state index contributed by atoms with van der Waals surface area (Å²) in [6.45, 7) is 10.6. The number of nitrogens with one attached hydrogen (secondary N) is 1. The van der Waals surface area contributed by atoms with E-state index in [1.165, 1.54) is 6.07 Å². The smallest absolute Gasteiger partial charge is 0.456 e. The van der Waals surface area contributed by atoms with Gasteiger partial charge in [-0.3, -0.25) is 0 Å². The van der Waals surface area contributed by atoms with E-state index in [0.717, 1.165) is 37.4 Å². The minimum atomic E-state index is -1.63. The lowest BCUT2D eigenvalue weighted by atomic mass is 9.78. The summed E-state index contributed by atoms with van der Waals surface area (Å²) in [5, 5.41) is 22.4. The highest BCUT2D eigenvalue weighted by Gasteiger charge is 2.25. The minimum absolute atomic E-state index is 0.296. The second kappa shape index (κ2) is 6.90. The van der Waals surface area contributed by atoms with Crippen LogP contribution in [-0.4, -0.2) is 54.9 Å². The lowest BCUT2D eigenvalue weighted by molar-refractivity contribution is 0.00689. The maximum atomic E-state index is 12.5. The van der Waals surface area contributed by atoms with Crippen LogP contribution in [0.15, 0.2) is 12.1 Å². The molecule has 23 heavy (non-hydrogen) atoms. The molecule has 0 bridgehead atoms. The number of hydrogen-bond donors (Lipinski definition) is 3. The molecule has 0 unspecified atom stereocenters. The molecule has 0 amide bonds. The van der Waals surface area contributed by atoms with Crippen LogP contribution in [0.2, 0.25) is 0 Å². The van der Waals surface area contributed by atoms with Crippen molar-refractivity contribution in [2.75, 3.05) is 31.1 Å². The van der Waals surface area contributed by atoms with Gasteiger partial charge in [0.05, 0.1) is 5.56 Å². The Hall–Kier alpha value is -1.57. The Labute approximate surface area is 137 Å². The molecule has 6 nitrogen and oxygen atoms in total. The van der Waals surface area contributed by atoms with E-state index in [-0.39, 0.29) is 0 Å². The number of anilines is 1. The number of piperazine rings is 1. The minimum Gasteiger partial charge on any atom is -0.456 e. The molecule has 0 saturated carbocycles. The molecule has 0 aromatic heterocycles. The van der Waals surface area contributed by atoms with Gasteiger partial charge in [0.15, 0.2) is 0 Å². The highest BCUT2D eigenvalue weighted by molar-refractivity contribution is 6.58. The lowest BCUT2D eigenvalue weighted by Gasteiger charge is -2.32. The number of rotatable bonds is 3. The molecule has 0 spiro atoms. The number of esters is 1. The number of ether oxygens (including phenoxy) is 1. The van der Waals surface area contributed by atoms with Crippen LogP contribution in [0.3, 0.4) is 0 Å². The van der Waals surface area contributed by atoms with Crippen molar-refractivity contribution in [3.8, 4) is 0 Å². The van der Waals surface area contributed by atoms with Crippen LogP contribution < -0.4 is 15.7 Å². The highest BCUT2D eigenvalue weighted by Crippen LogP contribution is 2.25. The monoisotopic (exact) mass is 320 g/mol. The van der Waals surface area contributed by atoms with E-state index in [0.29, 0.717) is 11.0 Å². The molecule has 0 aliphatic carbocycles. The maximum Gasteiger partial charge on any atom is 0.488 e. The first kappa shape index (κ1) is 17.8. The Kier molecular flexibility index (Phi) is 5.34. The topological polar surface area (TPSA) is 82.0 Å². The van der Waals surface area contributed by atoms with Gasteiger partial charge in [-0.15, -0.1) is 0 Å². The molecule has 126 valence electrons. The van der Waals surface area contributed by atoms with Crippen molar-refractivity contribution in [3.63, 3.8) is 0 Å². The van der Waals surface area contributed by atoms with Crippen molar-refractivity contribution in [1.82, 2.24) is 5.32 Å². The van der Waals surface area contributed by atoms with Crippen molar-refractivity contribution < 1.29 is 19.6 Å². The fraction of sp³-hybridized carbons (Fsp3) is 0.562. The Bertz CT molecular complexity index is 578. The summed E-state index contributed by atoms with van der Waals surface area (Å²) in [7, 11) is -1.63. The van der Waals surface area contributed by atoms with Crippen molar-refractivity contribution in [2.45, 2.75) is 33.3 Å². The molecule has 0 atom stereocenters. The number of hydrogen-bond acceptors (Lipinski definition) is 6. The van der Waals surface area contributed by atoms with Gasteiger partial charge in [-0.2, -0.15) is 0 Å². The fourth-order valence-electron chi connectivity index (χ4n) is 2.65. The predicted molar refractivity (Wildman–Crippen MR) is 91.3 cm³/mol. The first-order valence-corrected chi connectivity index (χ1v) is 7.89. The average molecular weight is 320 g/mol. The summed E-state index contributed by atoms with van der Waals surface area (Å²) in [5.74, 6) is -0.450. The van der Waals surface area contributed by atoms with Gasteiger partial charge in [0.25, 0.3) is 0 Å². The SMILES string of the molecule is Cc1c(C(=O)OC(C)(C)C)cc(B(O)O)cc1N1CCNCC1. The first-order valence-electron chi connectivity index (χ1n) is 7.89. The second-order valence-electron chi connectivity index (χ2n) is 6.83. The van der Waals surface area contributed by atoms with Crippen molar-refractivity contribution in [1.29, 1.82) is 0 Å². The van der Waals surface area contributed by atoms with E-state index in [9.17, 15) is 14.8 Å². The van der Waals surface area contributed by atoms with Crippen LogP contribution >= 0.6 is 0 Å². The zero-order chi connectivity index (χ0) is 17.2. The molecule has 1 aromatic carbocycles. The first-order chi connectivity index (χ1) is 10.7. The molecular formula is C16H25BN2O4. The van der Waals surface area contributed by atoms with E-state index in [1.807, 2.05) is 27.7 Å². The van der Waals surface area contributed by atoms with E-state index in [4.69, 9.17) is 4.74 Å². The molecule has 1 aromatic rings. The standard InChI is InChI=1S/C16H25BN2O4/c1-11-13(15(20)23-16(2,3)4)9-12(17(21)22)10-14(11)19-7-5-18-6-8-19/h9-10,18,21-22H,5-8H2,1-4H3. The Balaban J connectivity index is 2.44. The fourth-order valence-corrected chi connectivity index (χ4v) is 2.65. The quantitative estimate of drug-likeness (QED) is 0.539. The van der Waals surface area contributed by atoms with Crippen molar-refractivity contribution >= 4 is 24.2 Å². The molecule has 2 rings (SSSR count). The van der Waals surface area contributed by atoms with Crippen molar-refractivity contribution in [2.24, 2.45) is 0 Å². The van der Waals surface area contributed by atoms with Gasteiger partial charge in [-0.05, 0) is 50.9 Å². The normalized spacial score (nSPS) is 15.5. The van der Waals surface area contributed by atoms with Gasteiger partial charge in [0, 0.05) is 31.9 Å². The number of carbonyl (C=O) groups excluding carboxylic acids is 1. The van der Waals surface area contributed by atoms with E-state index < -0.39 is 18.7 Å². The van der Waals surface area contributed by atoms with E-state index in [1.54, 1.807) is 6.07 Å². The number of benzene rings is 1. The van der Waals surface area contributed by atoms with Gasteiger partial charge >= 0.3 is 13.1 Å². The third-order valence-corrected chi connectivity index (χ3v) is 3.78. The molecule has 7 heteroatoms. The Morgan fingerprint density at radius 1 is 1.26 bits per heavy atom. The third kappa shape index (κ3) is 4.47.